The maximum atomic E-state index is 12.0. The average Bonchev–Trinajstić information content (AvgIpc) is 2.47. The van der Waals surface area contributed by atoms with Gasteiger partial charge in [-0.3, -0.25) is 0 Å². The zero-order valence-corrected chi connectivity index (χ0v) is 13.8. The molecule has 0 N–H and O–H groups in total. The first-order valence-electron chi connectivity index (χ1n) is 7.77. The topological polar surface area (TPSA) is 61.8 Å². The molecule has 0 saturated carbocycles. The highest BCUT2D eigenvalue weighted by Gasteiger charge is 2.38. The van der Waals surface area contributed by atoms with Gasteiger partial charge in [0.25, 0.3) is 5.79 Å². The maximum absolute atomic E-state index is 12.0. The first kappa shape index (κ1) is 17.2. The number of cyclic esters (lactones) is 2. The van der Waals surface area contributed by atoms with Gasteiger partial charge in [0.15, 0.2) is 0 Å². The van der Waals surface area contributed by atoms with Crippen LogP contribution in [0.15, 0.2) is 29.8 Å². The van der Waals surface area contributed by atoms with Crippen LogP contribution in [0.5, 0.6) is 0 Å². The Bertz CT molecular complexity index is 594. The van der Waals surface area contributed by atoms with Gasteiger partial charge in [-0.15, -0.1) is 0 Å². The Balaban J connectivity index is 2.18. The van der Waals surface area contributed by atoms with Crippen LogP contribution in [0, 0.1) is 0 Å². The summed E-state index contributed by atoms with van der Waals surface area (Å²) in [6.45, 7) is 6.25. The lowest BCUT2D eigenvalue weighted by molar-refractivity contribution is -0.222. The van der Waals surface area contributed by atoms with E-state index in [1.807, 2.05) is 24.3 Å². The van der Waals surface area contributed by atoms with Gasteiger partial charge in [0.1, 0.15) is 5.57 Å². The maximum Gasteiger partial charge on any atom is 0.348 e. The highest BCUT2D eigenvalue weighted by molar-refractivity contribution is 6.18. The number of esters is 2. The van der Waals surface area contributed by atoms with E-state index >= 15 is 0 Å². The van der Waals surface area contributed by atoms with Crippen LogP contribution in [0.1, 0.15) is 44.7 Å². The fraction of sp³-hybridized carbons (Fsp3) is 0.444. The van der Waals surface area contributed by atoms with E-state index in [-0.39, 0.29) is 5.57 Å². The van der Waals surface area contributed by atoms with Crippen LogP contribution >= 0.6 is 0 Å². The zero-order chi connectivity index (χ0) is 16.9. The summed E-state index contributed by atoms with van der Waals surface area (Å²) >= 11 is 0. The monoisotopic (exact) mass is 318 g/mol. The Hall–Kier alpha value is -2.14. The molecule has 1 heterocycles. The molecule has 0 aliphatic carbocycles. The second-order valence-electron chi connectivity index (χ2n) is 5.84. The van der Waals surface area contributed by atoms with Crippen molar-refractivity contribution in [2.75, 3.05) is 6.61 Å². The highest BCUT2D eigenvalue weighted by atomic mass is 16.7. The summed E-state index contributed by atoms with van der Waals surface area (Å²) in [6.07, 6.45) is 3.56. The third-order valence-corrected chi connectivity index (χ3v) is 3.37. The van der Waals surface area contributed by atoms with E-state index in [1.165, 1.54) is 19.9 Å². The van der Waals surface area contributed by atoms with Crippen molar-refractivity contribution in [1.29, 1.82) is 0 Å². The molecule has 0 amide bonds. The van der Waals surface area contributed by atoms with Gasteiger partial charge in [-0.05, 0) is 23.6 Å². The van der Waals surface area contributed by atoms with Gasteiger partial charge in [0, 0.05) is 20.5 Å². The molecular formula is C18H22O5. The third-order valence-electron chi connectivity index (χ3n) is 3.37. The number of hydrogen-bond donors (Lipinski definition) is 0. The lowest BCUT2D eigenvalue weighted by Crippen LogP contribution is -2.41. The number of hydrogen-bond acceptors (Lipinski definition) is 5. The second kappa shape index (κ2) is 7.42. The molecule has 124 valence electrons. The van der Waals surface area contributed by atoms with Gasteiger partial charge in [-0.1, -0.05) is 37.6 Å². The SMILES string of the molecule is CCCCOCc1ccccc1C=C1C(=O)OC(C)(C)OC1=O. The minimum absolute atomic E-state index is 0.106. The molecule has 5 heteroatoms. The molecule has 0 unspecified atom stereocenters. The van der Waals surface area contributed by atoms with E-state index in [9.17, 15) is 9.59 Å². The van der Waals surface area contributed by atoms with Crippen LogP contribution < -0.4 is 0 Å². The van der Waals surface area contributed by atoms with Crippen LogP contribution in [0.3, 0.4) is 0 Å². The Labute approximate surface area is 136 Å². The molecule has 1 saturated heterocycles. The van der Waals surface area contributed by atoms with E-state index in [2.05, 4.69) is 6.92 Å². The van der Waals surface area contributed by atoms with Crippen molar-refractivity contribution in [3.05, 3.63) is 41.0 Å². The van der Waals surface area contributed by atoms with E-state index in [0.717, 1.165) is 24.0 Å². The molecule has 2 rings (SSSR count). The minimum atomic E-state index is -1.23. The molecule has 0 bridgehead atoms. The normalized spacial score (nSPS) is 16.7. The largest absolute Gasteiger partial charge is 0.419 e. The fourth-order valence-corrected chi connectivity index (χ4v) is 2.17. The summed E-state index contributed by atoms with van der Waals surface area (Å²) in [7, 11) is 0. The standard InChI is InChI=1S/C18H22O5/c1-4-5-10-21-12-14-9-7-6-8-13(14)11-15-16(19)22-18(2,3)23-17(15)20/h6-9,11H,4-5,10,12H2,1-3H3. The highest BCUT2D eigenvalue weighted by Crippen LogP contribution is 2.25. The fourth-order valence-electron chi connectivity index (χ4n) is 2.17. The Morgan fingerprint density at radius 1 is 1.13 bits per heavy atom. The Kier molecular flexibility index (Phi) is 5.55. The first-order chi connectivity index (χ1) is 10.9. The van der Waals surface area contributed by atoms with Gasteiger partial charge in [0.05, 0.1) is 6.61 Å². The quantitative estimate of drug-likeness (QED) is 0.349. The van der Waals surface area contributed by atoms with Gasteiger partial charge < -0.3 is 14.2 Å². The van der Waals surface area contributed by atoms with Crippen molar-refractivity contribution in [1.82, 2.24) is 0 Å². The number of carbonyl (C=O) groups is 2. The van der Waals surface area contributed by atoms with Crippen LogP contribution in [0.25, 0.3) is 6.08 Å². The van der Waals surface area contributed by atoms with Crippen molar-refractivity contribution in [2.45, 2.75) is 46.0 Å². The number of benzene rings is 1. The Morgan fingerprint density at radius 2 is 1.78 bits per heavy atom. The molecule has 1 aliphatic heterocycles. The molecule has 0 atom stereocenters. The van der Waals surface area contributed by atoms with Gasteiger partial charge in [0.2, 0.25) is 0 Å². The molecule has 0 spiro atoms. The van der Waals surface area contributed by atoms with E-state index in [1.54, 1.807) is 0 Å². The summed E-state index contributed by atoms with van der Waals surface area (Å²) in [4.78, 5) is 24.0. The third kappa shape index (κ3) is 4.66. The summed E-state index contributed by atoms with van der Waals surface area (Å²) in [6, 6.07) is 7.46. The van der Waals surface area contributed by atoms with E-state index in [0.29, 0.717) is 13.2 Å². The van der Waals surface area contributed by atoms with Crippen molar-refractivity contribution in [3.63, 3.8) is 0 Å². The molecule has 1 aromatic carbocycles. The van der Waals surface area contributed by atoms with E-state index in [4.69, 9.17) is 14.2 Å². The van der Waals surface area contributed by atoms with Gasteiger partial charge in [-0.2, -0.15) is 0 Å². The van der Waals surface area contributed by atoms with Crippen LogP contribution in [0.4, 0.5) is 0 Å². The zero-order valence-electron chi connectivity index (χ0n) is 13.8. The van der Waals surface area contributed by atoms with Gasteiger partial charge in [-0.25, -0.2) is 9.59 Å². The predicted molar refractivity (Wildman–Crippen MR) is 85.2 cm³/mol. The summed E-state index contributed by atoms with van der Waals surface area (Å²) in [5.74, 6) is -2.57. The molecule has 23 heavy (non-hydrogen) atoms. The lowest BCUT2D eigenvalue weighted by atomic mass is 10.0. The van der Waals surface area contributed by atoms with Gasteiger partial charge >= 0.3 is 11.9 Å². The van der Waals surface area contributed by atoms with Crippen molar-refractivity contribution >= 4 is 18.0 Å². The molecule has 0 radical (unpaired) electrons. The molecule has 5 nitrogen and oxygen atoms in total. The van der Waals surface area contributed by atoms with Crippen LogP contribution in [-0.2, 0) is 30.4 Å². The van der Waals surface area contributed by atoms with Crippen molar-refractivity contribution in [3.8, 4) is 0 Å². The summed E-state index contributed by atoms with van der Waals surface area (Å²) in [5, 5.41) is 0. The summed E-state index contributed by atoms with van der Waals surface area (Å²) < 4.78 is 15.8. The molecule has 1 fully saturated rings. The molecule has 1 aliphatic rings. The average molecular weight is 318 g/mol. The number of carbonyl (C=O) groups excluding carboxylic acids is 2. The molecule has 1 aromatic rings. The summed E-state index contributed by atoms with van der Waals surface area (Å²) in [5.41, 5.74) is 1.54. The number of unbranched alkanes of at least 4 members (excludes halogenated alkanes) is 1. The smallest absolute Gasteiger partial charge is 0.348 e. The van der Waals surface area contributed by atoms with Crippen molar-refractivity contribution < 1.29 is 23.8 Å². The van der Waals surface area contributed by atoms with Crippen molar-refractivity contribution in [2.24, 2.45) is 0 Å². The second-order valence-corrected chi connectivity index (χ2v) is 5.84. The Morgan fingerprint density at radius 3 is 2.43 bits per heavy atom. The first-order valence-corrected chi connectivity index (χ1v) is 7.77. The van der Waals surface area contributed by atoms with E-state index < -0.39 is 17.7 Å². The lowest BCUT2D eigenvalue weighted by Gasteiger charge is -2.29. The van der Waals surface area contributed by atoms with Crippen LogP contribution in [-0.4, -0.2) is 24.3 Å². The molecule has 0 aromatic heterocycles. The molecular weight excluding hydrogens is 296 g/mol. The predicted octanol–water partition coefficient (Wildman–Crippen LogP) is 3.22. The van der Waals surface area contributed by atoms with Crippen LogP contribution in [0.2, 0.25) is 0 Å². The number of ether oxygens (including phenoxy) is 3. The minimum Gasteiger partial charge on any atom is -0.419 e. The number of rotatable bonds is 6.